The highest BCUT2D eigenvalue weighted by Gasteiger charge is 1.82. The highest BCUT2D eigenvalue weighted by Crippen LogP contribution is 2.01. The zero-order valence-corrected chi connectivity index (χ0v) is 8.31. The normalized spacial score (nSPS) is 8.27. The van der Waals surface area contributed by atoms with Crippen LogP contribution in [0.5, 0.6) is 0 Å². The van der Waals surface area contributed by atoms with Crippen LogP contribution in [0.15, 0.2) is 27.6 Å². The summed E-state index contributed by atoms with van der Waals surface area (Å²) in [5, 5.41) is 0. The molecule has 0 spiro atoms. The zero-order valence-electron chi connectivity index (χ0n) is 6.73. The second kappa shape index (κ2) is 6.16. The van der Waals surface area contributed by atoms with Crippen LogP contribution in [0.3, 0.4) is 0 Å². The van der Waals surface area contributed by atoms with Crippen LogP contribution < -0.4 is 5.56 Å². The minimum atomic E-state index is -0.0839. The van der Waals surface area contributed by atoms with Crippen LogP contribution in [0.4, 0.5) is 0 Å². The molecule has 1 N–H and O–H groups in total. The lowest BCUT2D eigenvalue weighted by Crippen LogP contribution is -2.00. The Morgan fingerprint density at radius 1 is 1.55 bits per heavy atom. The van der Waals surface area contributed by atoms with E-state index in [0.29, 0.717) is 0 Å². The van der Waals surface area contributed by atoms with Gasteiger partial charge in [-0.25, -0.2) is 0 Å². The lowest BCUT2D eigenvalue weighted by Gasteiger charge is -1.81. The summed E-state index contributed by atoms with van der Waals surface area (Å²) in [6.07, 6.45) is 2.84. The number of nitrogens with one attached hydrogen (secondary N) is 1. The molecular formula is C8H12BrNO. The van der Waals surface area contributed by atoms with Gasteiger partial charge in [0.2, 0.25) is 5.56 Å². The Hall–Kier alpha value is -0.570. The van der Waals surface area contributed by atoms with Crippen molar-refractivity contribution >= 4 is 15.9 Å². The second-order valence-electron chi connectivity index (χ2n) is 2.08. The van der Waals surface area contributed by atoms with Crippen LogP contribution in [-0.2, 0) is 0 Å². The maximum absolute atomic E-state index is 10.4. The molecule has 1 rings (SSSR count). The van der Waals surface area contributed by atoms with Crippen molar-refractivity contribution < 1.29 is 0 Å². The van der Waals surface area contributed by atoms with Crippen LogP contribution in [0.25, 0.3) is 0 Å². The molecule has 1 heterocycles. The van der Waals surface area contributed by atoms with E-state index in [0.717, 1.165) is 4.47 Å². The minimum Gasteiger partial charge on any atom is -0.329 e. The monoisotopic (exact) mass is 217 g/mol. The summed E-state index contributed by atoms with van der Waals surface area (Å²) in [6, 6.07) is 3.24. The predicted molar refractivity (Wildman–Crippen MR) is 50.7 cm³/mol. The van der Waals surface area contributed by atoms with Crippen molar-refractivity contribution in [3.8, 4) is 0 Å². The fraction of sp³-hybridized carbons (Fsp3) is 0.375. The number of aromatic amines is 1. The van der Waals surface area contributed by atoms with Gasteiger partial charge in [0, 0.05) is 16.7 Å². The first-order valence-corrected chi connectivity index (χ1v) is 4.34. The topological polar surface area (TPSA) is 32.9 Å². The molecule has 11 heavy (non-hydrogen) atoms. The van der Waals surface area contributed by atoms with E-state index in [2.05, 4.69) is 34.8 Å². The van der Waals surface area contributed by atoms with Crippen molar-refractivity contribution in [2.24, 2.45) is 0 Å². The SMILES string of the molecule is CCC.O=c1cc(Br)cc[nH]1. The molecule has 0 aromatic carbocycles. The predicted octanol–water partition coefficient (Wildman–Crippen LogP) is 2.55. The molecule has 1 aromatic heterocycles. The van der Waals surface area contributed by atoms with Crippen molar-refractivity contribution in [2.45, 2.75) is 20.3 Å². The Morgan fingerprint density at radius 3 is 2.36 bits per heavy atom. The highest BCUT2D eigenvalue weighted by molar-refractivity contribution is 9.10. The van der Waals surface area contributed by atoms with E-state index in [1.54, 1.807) is 12.3 Å². The van der Waals surface area contributed by atoms with Crippen molar-refractivity contribution in [1.82, 2.24) is 4.98 Å². The van der Waals surface area contributed by atoms with Crippen LogP contribution in [0.2, 0.25) is 0 Å². The van der Waals surface area contributed by atoms with Gasteiger partial charge in [-0.3, -0.25) is 4.79 Å². The molecule has 0 saturated carbocycles. The first kappa shape index (κ1) is 10.4. The maximum atomic E-state index is 10.4. The number of pyridine rings is 1. The Bertz CT molecular complexity index is 244. The lowest BCUT2D eigenvalue weighted by molar-refractivity contribution is 1.09. The van der Waals surface area contributed by atoms with Crippen LogP contribution in [0.1, 0.15) is 20.3 Å². The molecule has 0 aliphatic heterocycles. The van der Waals surface area contributed by atoms with E-state index in [-0.39, 0.29) is 5.56 Å². The molecular weight excluding hydrogens is 206 g/mol. The van der Waals surface area contributed by atoms with Crippen molar-refractivity contribution in [2.75, 3.05) is 0 Å². The van der Waals surface area contributed by atoms with E-state index in [4.69, 9.17) is 0 Å². The van der Waals surface area contributed by atoms with Gasteiger partial charge in [0.05, 0.1) is 0 Å². The quantitative estimate of drug-likeness (QED) is 0.713. The van der Waals surface area contributed by atoms with Crippen molar-refractivity contribution in [3.63, 3.8) is 0 Å². The highest BCUT2D eigenvalue weighted by atomic mass is 79.9. The van der Waals surface area contributed by atoms with Crippen molar-refractivity contribution in [3.05, 3.63) is 33.2 Å². The van der Waals surface area contributed by atoms with Gasteiger partial charge in [-0.15, -0.1) is 0 Å². The van der Waals surface area contributed by atoms with E-state index in [1.165, 1.54) is 12.5 Å². The van der Waals surface area contributed by atoms with E-state index in [9.17, 15) is 4.79 Å². The molecule has 0 saturated heterocycles. The maximum Gasteiger partial charge on any atom is 0.249 e. The summed E-state index contributed by atoms with van der Waals surface area (Å²) >= 11 is 3.14. The molecule has 0 fully saturated rings. The minimum absolute atomic E-state index is 0.0839. The number of H-pyrrole nitrogens is 1. The number of halogens is 1. The largest absolute Gasteiger partial charge is 0.329 e. The average molecular weight is 218 g/mol. The first-order chi connectivity index (χ1) is 5.20. The molecule has 0 bridgehead atoms. The van der Waals surface area contributed by atoms with Gasteiger partial charge in [-0.1, -0.05) is 36.2 Å². The Balaban J connectivity index is 0.000000292. The molecule has 0 unspecified atom stereocenters. The van der Waals surface area contributed by atoms with E-state index in [1.807, 2.05) is 0 Å². The van der Waals surface area contributed by atoms with Gasteiger partial charge in [0.15, 0.2) is 0 Å². The standard InChI is InChI=1S/C5H4BrNO.C3H8/c6-4-1-2-7-5(8)3-4;1-3-2/h1-3H,(H,7,8);3H2,1-2H3. The first-order valence-electron chi connectivity index (χ1n) is 3.55. The molecule has 0 aliphatic rings. The lowest BCUT2D eigenvalue weighted by atomic mass is 10.5. The van der Waals surface area contributed by atoms with Gasteiger partial charge in [-0.05, 0) is 6.07 Å². The molecule has 3 heteroatoms. The van der Waals surface area contributed by atoms with Crippen LogP contribution in [-0.4, -0.2) is 4.98 Å². The number of hydrogen-bond donors (Lipinski definition) is 1. The fourth-order valence-corrected chi connectivity index (χ4v) is 0.759. The molecule has 0 atom stereocenters. The summed E-state index contributed by atoms with van der Waals surface area (Å²) in [6.45, 7) is 4.25. The fourth-order valence-electron chi connectivity index (χ4n) is 0.418. The van der Waals surface area contributed by atoms with Gasteiger partial charge >= 0.3 is 0 Å². The smallest absolute Gasteiger partial charge is 0.249 e. The van der Waals surface area contributed by atoms with Gasteiger partial charge in [-0.2, -0.15) is 0 Å². The summed E-state index contributed by atoms with van der Waals surface area (Å²) in [5.41, 5.74) is -0.0839. The third-order valence-corrected chi connectivity index (χ3v) is 1.23. The van der Waals surface area contributed by atoms with Crippen LogP contribution in [0, 0.1) is 0 Å². The van der Waals surface area contributed by atoms with Crippen molar-refractivity contribution in [1.29, 1.82) is 0 Å². The average Bonchev–Trinajstić information content (AvgIpc) is 1.88. The summed E-state index contributed by atoms with van der Waals surface area (Å²) in [4.78, 5) is 12.9. The third kappa shape index (κ3) is 5.85. The summed E-state index contributed by atoms with van der Waals surface area (Å²) in [7, 11) is 0. The zero-order chi connectivity index (χ0) is 8.69. The Kier molecular flexibility index (Phi) is 5.84. The van der Waals surface area contributed by atoms with Gasteiger partial charge < -0.3 is 4.98 Å². The number of rotatable bonds is 0. The molecule has 62 valence electrons. The summed E-state index contributed by atoms with van der Waals surface area (Å²) in [5.74, 6) is 0. The van der Waals surface area contributed by atoms with Gasteiger partial charge in [0.1, 0.15) is 0 Å². The Morgan fingerprint density at radius 2 is 2.09 bits per heavy atom. The molecule has 1 aromatic rings. The Labute approximate surface area is 74.8 Å². The van der Waals surface area contributed by atoms with E-state index >= 15 is 0 Å². The third-order valence-electron chi connectivity index (χ3n) is 0.737. The van der Waals surface area contributed by atoms with E-state index < -0.39 is 0 Å². The molecule has 0 amide bonds. The molecule has 0 aliphatic carbocycles. The molecule has 0 radical (unpaired) electrons. The van der Waals surface area contributed by atoms with Gasteiger partial charge in [0.25, 0.3) is 0 Å². The summed E-state index contributed by atoms with van der Waals surface area (Å²) < 4.78 is 0.807. The number of aromatic nitrogens is 1. The second-order valence-corrected chi connectivity index (χ2v) is 2.99. The number of hydrogen-bond acceptors (Lipinski definition) is 1. The van der Waals surface area contributed by atoms with Crippen LogP contribution >= 0.6 is 15.9 Å². The molecule has 2 nitrogen and oxygen atoms in total.